The molecule has 0 aromatic heterocycles. The SMILES string of the molecule is CC(CN)CCCNS(=O)(=O)c1cc(F)ccc1F. The monoisotopic (exact) mass is 292 g/mol. The van der Waals surface area contributed by atoms with Crippen LogP contribution in [0.5, 0.6) is 0 Å². The van der Waals surface area contributed by atoms with Gasteiger partial charge < -0.3 is 5.73 Å². The fourth-order valence-corrected chi connectivity index (χ4v) is 2.70. The Morgan fingerprint density at radius 3 is 2.68 bits per heavy atom. The molecule has 1 aromatic carbocycles. The van der Waals surface area contributed by atoms with Gasteiger partial charge in [0.2, 0.25) is 10.0 Å². The Labute approximate surface area is 112 Å². The first kappa shape index (κ1) is 16.0. The second-order valence-corrected chi connectivity index (χ2v) is 6.19. The van der Waals surface area contributed by atoms with Gasteiger partial charge in [-0.3, -0.25) is 0 Å². The summed E-state index contributed by atoms with van der Waals surface area (Å²) in [7, 11) is -4.01. The van der Waals surface area contributed by atoms with Crippen LogP contribution in [0.2, 0.25) is 0 Å². The third kappa shape index (κ3) is 4.85. The van der Waals surface area contributed by atoms with Crippen LogP contribution in [0.25, 0.3) is 0 Å². The molecule has 19 heavy (non-hydrogen) atoms. The minimum atomic E-state index is -4.01. The van der Waals surface area contributed by atoms with Crippen molar-refractivity contribution in [2.45, 2.75) is 24.7 Å². The van der Waals surface area contributed by atoms with Crippen molar-refractivity contribution < 1.29 is 17.2 Å². The lowest BCUT2D eigenvalue weighted by Gasteiger charge is -2.10. The number of halogens is 2. The summed E-state index contributed by atoms with van der Waals surface area (Å²) in [6.45, 7) is 2.66. The average Bonchev–Trinajstić information content (AvgIpc) is 2.37. The van der Waals surface area contributed by atoms with E-state index in [0.717, 1.165) is 18.6 Å². The number of sulfonamides is 1. The number of nitrogens with two attached hydrogens (primary N) is 1. The van der Waals surface area contributed by atoms with Crippen molar-refractivity contribution in [1.82, 2.24) is 4.72 Å². The molecule has 0 amide bonds. The van der Waals surface area contributed by atoms with E-state index in [9.17, 15) is 17.2 Å². The van der Waals surface area contributed by atoms with Gasteiger partial charge in [0.25, 0.3) is 0 Å². The van der Waals surface area contributed by atoms with Crippen molar-refractivity contribution in [2.75, 3.05) is 13.1 Å². The van der Waals surface area contributed by atoms with Gasteiger partial charge in [0.05, 0.1) is 0 Å². The smallest absolute Gasteiger partial charge is 0.243 e. The molecular weight excluding hydrogens is 274 g/mol. The van der Waals surface area contributed by atoms with Gasteiger partial charge >= 0.3 is 0 Å². The molecule has 0 spiro atoms. The van der Waals surface area contributed by atoms with Gasteiger partial charge in [-0.1, -0.05) is 6.92 Å². The van der Waals surface area contributed by atoms with E-state index in [4.69, 9.17) is 5.73 Å². The highest BCUT2D eigenvalue weighted by atomic mass is 32.2. The summed E-state index contributed by atoms with van der Waals surface area (Å²) in [5.41, 5.74) is 5.44. The molecule has 0 radical (unpaired) electrons. The maximum Gasteiger partial charge on any atom is 0.243 e. The minimum Gasteiger partial charge on any atom is -0.330 e. The molecule has 1 rings (SSSR count). The predicted octanol–water partition coefficient (Wildman–Crippen LogP) is 1.62. The average molecular weight is 292 g/mol. The Hall–Kier alpha value is -1.05. The van der Waals surface area contributed by atoms with Crippen molar-refractivity contribution in [1.29, 1.82) is 0 Å². The van der Waals surface area contributed by atoms with E-state index in [1.54, 1.807) is 0 Å². The van der Waals surface area contributed by atoms with Crippen LogP contribution in [0.3, 0.4) is 0 Å². The number of nitrogens with one attached hydrogen (secondary N) is 1. The van der Waals surface area contributed by atoms with E-state index in [0.29, 0.717) is 24.9 Å². The van der Waals surface area contributed by atoms with Crippen LogP contribution < -0.4 is 10.5 Å². The standard InChI is InChI=1S/C12H18F2N2O2S/c1-9(8-15)3-2-6-16-19(17,18)12-7-10(13)4-5-11(12)14/h4-5,7,9,16H,2-3,6,8,15H2,1H3. The summed E-state index contributed by atoms with van der Waals surface area (Å²) in [6, 6.07) is 2.33. The summed E-state index contributed by atoms with van der Waals surface area (Å²) in [5, 5.41) is 0. The summed E-state index contributed by atoms with van der Waals surface area (Å²) in [4.78, 5) is -0.667. The summed E-state index contributed by atoms with van der Waals surface area (Å²) < 4.78 is 52.1. The third-order valence-corrected chi connectivity index (χ3v) is 4.23. The predicted molar refractivity (Wildman–Crippen MR) is 69.0 cm³/mol. The van der Waals surface area contributed by atoms with Crippen molar-refractivity contribution in [3.05, 3.63) is 29.8 Å². The van der Waals surface area contributed by atoms with Crippen LogP contribution in [0.15, 0.2) is 23.1 Å². The molecule has 0 saturated heterocycles. The van der Waals surface area contributed by atoms with Gasteiger partial charge in [-0.05, 0) is 43.5 Å². The normalized spacial score (nSPS) is 13.5. The van der Waals surface area contributed by atoms with E-state index < -0.39 is 26.6 Å². The molecule has 108 valence electrons. The van der Waals surface area contributed by atoms with E-state index >= 15 is 0 Å². The largest absolute Gasteiger partial charge is 0.330 e. The Morgan fingerprint density at radius 1 is 1.37 bits per heavy atom. The van der Waals surface area contributed by atoms with Gasteiger partial charge in [-0.15, -0.1) is 0 Å². The van der Waals surface area contributed by atoms with Crippen LogP contribution in [0.4, 0.5) is 8.78 Å². The first-order valence-corrected chi connectivity index (χ1v) is 7.50. The topological polar surface area (TPSA) is 72.2 Å². The number of hydrogen-bond donors (Lipinski definition) is 2. The zero-order valence-corrected chi connectivity index (χ0v) is 11.5. The maximum atomic E-state index is 13.4. The summed E-state index contributed by atoms with van der Waals surface area (Å²) in [5.74, 6) is -1.46. The van der Waals surface area contributed by atoms with Gasteiger partial charge in [0, 0.05) is 6.54 Å². The van der Waals surface area contributed by atoms with Gasteiger partial charge in [-0.25, -0.2) is 21.9 Å². The number of hydrogen-bond acceptors (Lipinski definition) is 3. The molecule has 0 fully saturated rings. The van der Waals surface area contributed by atoms with E-state index in [1.807, 2.05) is 6.92 Å². The van der Waals surface area contributed by atoms with E-state index in [1.165, 1.54) is 0 Å². The molecule has 1 aromatic rings. The molecule has 0 aliphatic carbocycles. The van der Waals surface area contributed by atoms with Gasteiger partial charge in [0.1, 0.15) is 16.5 Å². The summed E-state index contributed by atoms with van der Waals surface area (Å²) >= 11 is 0. The van der Waals surface area contributed by atoms with Gasteiger partial charge in [-0.2, -0.15) is 0 Å². The fraction of sp³-hybridized carbons (Fsp3) is 0.500. The highest BCUT2D eigenvalue weighted by Gasteiger charge is 2.19. The van der Waals surface area contributed by atoms with Crippen LogP contribution >= 0.6 is 0 Å². The fourth-order valence-electron chi connectivity index (χ4n) is 1.54. The zero-order valence-electron chi connectivity index (χ0n) is 10.7. The number of rotatable bonds is 7. The lowest BCUT2D eigenvalue weighted by Crippen LogP contribution is -2.26. The molecule has 4 nitrogen and oxygen atoms in total. The Balaban J connectivity index is 2.64. The van der Waals surface area contributed by atoms with Crippen molar-refractivity contribution >= 4 is 10.0 Å². The second kappa shape index (κ2) is 6.93. The lowest BCUT2D eigenvalue weighted by molar-refractivity contribution is 0.510. The molecule has 7 heteroatoms. The first-order chi connectivity index (χ1) is 8.86. The molecule has 1 atom stereocenters. The Bertz CT molecular complexity index is 520. The van der Waals surface area contributed by atoms with Crippen molar-refractivity contribution in [3.63, 3.8) is 0 Å². The minimum absolute atomic E-state index is 0.169. The maximum absolute atomic E-state index is 13.4. The second-order valence-electron chi connectivity index (χ2n) is 4.46. The van der Waals surface area contributed by atoms with Crippen LogP contribution in [0.1, 0.15) is 19.8 Å². The Kier molecular flexibility index (Phi) is 5.84. The first-order valence-electron chi connectivity index (χ1n) is 6.01. The molecule has 3 N–H and O–H groups in total. The van der Waals surface area contributed by atoms with Crippen molar-refractivity contribution in [3.8, 4) is 0 Å². The third-order valence-electron chi connectivity index (χ3n) is 2.75. The quantitative estimate of drug-likeness (QED) is 0.750. The van der Waals surface area contributed by atoms with Gasteiger partial charge in [0.15, 0.2) is 0 Å². The molecule has 0 heterocycles. The highest BCUT2D eigenvalue weighted by Crippen LogP contribution is 2.15. The molecule has 0 aliphatic heterocycles. The molecular formula is C12H18F2N2O2S. The molecule has 0 aliphatic rings. The van der Waals surface area contributed by atoms with Crippen LogP contribution in [-0.2, 0) is 10.0 Å². The molecule has 0 saturated carbocycles. The van der Waals surface area contributed by atoms with Crippen LogP contribution in [-0.4, -0.2) is 21.5 Å². The zero-order chi connectivity index (χ0) is 14.5. The number of benzene rings is 1. The molecule has 1 unspecified atom stereocenters. The van der Waals surface area contributed by atoms with E-state index in [-0.39, 0.29) is 6.54 Å². The highest BCUT2D eigenvalue weighted by molar-refractivity contribution is 7.89. The summed E-state index contributed by atoms with van der Waals surface area (Å²) in [6.07, 6.45) is 1.36. The van der Waals surface area contributed by atoms with Crippen molar-refractivity contribution in [2.24, 2.45) is 11.7 Å². The van der Waals surface area contributed by atoms with Crippen LogP contribution in [0, 0.1) is 17.6 Å². The lowest BCUT2D eigenvalue weighted by atomic mass is 10.1. The molecule has 0 bridgehead atoms. The van der Waals surface area contributed by atoms with E-state index in [2.05, 4.69) is 4.72 Å². The Morgan fingerprint density at radius 2 is 2.05 bits per heavy atom.